The third kappa shape index (κ3) is 3.61. The molecule has 0 saturated heterocycles. The van der Waals surface area contributed by atoms with Crippen LogP contribution < -0.4 is 0 Å². The highest BCUT2D eigenvalue weighted by molar-refractivity contribution is 6.12. The molecule has 0 fully saturated rings. The van der Waals surface area contributed by atoms with Crippen molar-refractivity contribution in [2.75, 3.05) is 0 Å². The molecule has 222 valence electrons. The van der Waals surface area contributed by atoms with Crippen LogP contribution in [0.2, 0.25) is 0 Å². The Balaban J connectivity index is 1.29. The van der Waals surface area contributed by atoms with E-state index in [0.29, 0.717) is 0 Å². The van der Waals surface area contributed by atoms with Crippen molar-refractivity contribution in [3.05, 3.63) is 169 Å². The third-order valence-electron chi connectivity index (χ3n) is 10.5. The van der Waals surface area contributed by atoms with Crippen molar-refractivity contribution in [1.82, 2.24) is 9.13 Å². The maximum Gasteiger partial charge on any atom is 0.0544 e. The summed E-state index contributed by atoms with van der Waals surface area (Å²) in [5.41, 5.74) is 15.1. The van der Waals surface area contributed by atoms with E-state index in [1.54, 1.807) is 0 Å². The standard InChI is InChI=1S/C45H32N2/c1-45(2)38-20-10-6-16-31(38)36-27-37-34-19-9-13-23-42(34)47(44(37)28-39(36)45)43-25-24-30(26-35(43)29-14-4-3-5-15-29)46-40-21-11-7-17-32(40)33-18-8-12-22-41(33)46/h3-28H,1-2H3. The van der Waals surface area contributed by atoms with Crippen molar-refractivity contribution in [1.29, 1.82) is 0 Å². The van der Waals surface area contributed by atoms with Crippen molar-refractivity contribution in [3.8, 4) is 33.6 Å². The average molecular weight is 601 g/mol. The Hall–Kier alpha value is -5.86. The molecule has 9 aromatic rings. The first kappa shape index (κ1) is 26.4. The second-order valence-corrected chi connectivity index (χ2v) is 13.4. The van der Waals surface area contributed by atoms with Crippen molar-refractivity contribution in [3.63, 3.8) is 0 Å². The molecular weight excluding hydrogens is 569 g/mol. The van der Waals surface area contributed by atoms with Gasteiger partial charge in [0.1, 0.15) is 0 Å². The minimum Gasteiger partial charge on any atom is -0.309 e. The number of para-hydroxylation sites is 3. The van der Waals surface area contributed by atoms with Crippen LogP contribution in [0.4, 0.5) is 0 Å². The second kappa shape index (κ2) is 9.57. The molecule has 0 saturated carbocycles. The predicted molar refractivity (Wildman–Crippen MR) is 198 cm³/mol. The maximum atomic E-state index is 2.50. The number of nitrogens with zero attached hydrogens (tertiary/aromatic N) is 2. The fourth-order valence-corrected chi connectivity index (χ4v) is 8.33. The van der Waals surface area contributed by atoms with Crippen LogP contribution in [0.3, 0.4) is 0 Å². The van der Waals surface area contributed by atoms with Crippen LogP contribution in [0.5, 0.6) is 0 Å². The summed E-state index contributed by atoms with van der Waals surface area (Å²) in [6, 6.07) is 58.1. The molecule has 0 bridgehead atoms. The average Bonchev–Trinajstić information content (AvgIpc) is 3.71. The molecule has 2 heterocycles. The highest BCUT2D eigenvalue weighted by Gasteiger charge is 2.36. The fraction of sp³-hybridized carbons (Fsp3) is 0.0667. The van der Waals surface area contributed by atoms with Gasteiger partial charge in [0.25, 0.3) is 0 Å². The lowest BCUT2D eigenvalue weighted by Crippen LogP contribution is -2.15. The Kier molecular flexibility index (Phi) is 5.37. The van der Waals surface area contributed by atoms with E-state index in [9.17, 15) is 0 Å². The zero-order valence-electron chi connectivity index (χ0n) is 26.4. The molecule has 7 aromatic carbocycles. The van der Waals surface area contributed by atoms with Gasteiger partial charge >= 0.3 is 0 Å². The van der Waals surface area contributed by atoms with Gasteiger partial charge in [-0.05, 0) is 76.3 Å². The summed E-state index contributed by atoms with van der Waals surface area (Å²) in [6.07, 6.45) is 0. The molecule has 0 radical (unpaired) electrons. The van der Waals surface area contributed by atoms with Crippen molar-refractivity contribution in [2.45, 2.75) is 19.3 Å². The van der Waals surface area contributed by atoms with Crippen LogP contribution >= 0.6 is 0 Å². The summed E-state index contributed by atoms with van der Waals surface area (Å²) in [6.45, 7) is 4.73. The van der Waals surface area contributed by atoms with E-state index in [1.807, 2.05) is 0 Å². The van der Waals surface area contributed by atoms with E-state index in [1.165, 1.54) is 82.7 Å². The van der Waals surface area contributed by atoms with Gasteiger partial charge in [-0.15, -0.1) is 0 Å². The van der Waals surface area contributed by atoms with Gasteiger partial charge in [0, 0.05) is 38.2 Å². The first-order chi connectivity index (χ1) is 23.1. The van der Waals surface area contributed by atoms with Crippen LogP contribution in [0, 0.1) is 0 Å². The molecule has 10 rings (SSSR count). The van der Waals surface area contributed by atoms with E-state index >= 15 is 0 Å². The SMILES string of the molecule is CC1(C)c2ccccc2-c2cc3c4ccccc4n(-c4ccc(-n5c6ccccc6c6ccccc65)cc4-c4ccccc4)c3cc21. The van der Waals surface area contributed by atoms with E-state index in [2.05, 4.69) is 181 Å². The van der Waals surface area contributed by atoms with Crippen molar-refractivity contribution >= 4 is 43.6 Å². The smallest absolute Gasteiger partial charge is 0.0544 e. The Labute approximate surface area is 273 Å². The lowest BCUT2D eigenvalue weighted by molar-refractivity contribution is 0.661. The van der Waals surface area contributed by atoms with Crippen molar-refractivity contribution in [2.24, 2.45) is 0 Å². The zero-order chi connectivity index (χ0) is 31.3. The molecule has 0 aliphatic heterocycles. The number of hydrogen-bond donors (Lipinski definition) is 0. The normalized spacial score (nSPS) is 13.5. The maximum absolute atomic E-state index is 2.50. The molecule has 0 unspecified atom stereocenters. The predicted octanol–water partition coefficient (Wildman–Crippen LogP) is 11.9. The van der Waals surface area contributed by atoms with Gasteiger partial charge in [-0.25, -0.2) is 0 Å². The van der Waals surface area contributed by atoms with Crippen LogP contribution in [-0.2, 0) is 5.41 Å². The van der Waals surface area contributed by atoms with Gasteiger partial charge < -0.3 is 9.13 Å². The summed E-state index contributed by atoms with van der Waals surface area (Å²) >= 11 is 0. The van der Waals surface area contributed by atoms with Crippen LogP contribution in [0.1, 0.15) is 25.0 Å². The van der Waals surface area contributed by atoms with E-state index in [0.717, 1.165) is 5.69 Å². The number of benzene rings is 7. The Morgan fingerprint density at radius 3 is 1.66 bits per heavy atom. The Morgan fingerprint density at radius 2 is 0.957 bits per heavy atom. The molecule has 2 heteroatoms. The number of aromatic nitrogens is 2. The highest BCUT2D eigenvalue weighted by atomic mass is 15.0. The summed E-state index contributed by atoms with van der Waals surface area (Å²) < 4.78 is 4.92. The van der Waals surface area contributed by atoms with Gasteiger partial charge in [-0.1, -0.05) is 123 Å². The van der Waals surface area contributed by atoms with Crippen LogP contribution in [0.15, 0.2) is 158 Å². The largest absolute Gasteiger partial charge is 0.309 e. The highest BCUT2D eigenvalue weighted by Crippen LogP contribution is 2.51. The molecule has 0 spiro atoms. The first-order valence-electron chi connectivity index (χ1n) is 16.5. The minimum absolute atomic E-state index is 0.0793. The summed E-state index contributed by atoms with van der Waals surface area (Å²) in [5, 5.41) is 5.11. The lowest BCUT2D eigenvalue weighted by atomic mass is 9.82. The van der Waals surface area contributed by atoms with E-state index < -0.39 is 0 Å². The third-order valence-corrected chi connectivity index (χ3v) is 10.5. The number of fused-ring (bicyclic) bond motifs is 9. The zero-order valence-corrected chi connectivity index (χ0v) is 26.4. The molecule has 0 atom stereocenters. The number of hydrogen-bond acceptors (Lipinski definition) is 0. The van der Waals surface area contributed by atoms with Gasteiger partial charge in [0.05, 0.1) is 27.8 Å². The summed E-state index contributed by atoms with van der Waals surface area (Å²) in [5.74, 6) is 0. The van der Waals surface area contributed by atoms with E-state index in [-0.39, 0.29) is 5.41 Å². The van der Waals surface area contributed by atoms with Crippen LogP contribution in [-0.4, -0.2) is 9.13 Å². The monoisotopic (exact) mass is 600 g/mol. The molecule has 0 N–H and O–H groups in total. The fourth-order valence-electron chi connectivity index (χ4n) is 8.33. The van der Waals surface area contributed by atoms with Gasteiger partial charge in [0.2, 0.25) is 0 Å². The van der Waals surface area contributed by atoms with Gasteiger partial charge in [-0.2, -0.15) is 0 Å². The molecule has 2 aromatic heterocycles. The Bertz CT molecular complexity index is 2650. The number of rotatable bonds is 3. The molecular formula is C45H32N2. The minimum atomic E-state index is -0.0793. The van der Waals surface area contributed by atoms with Crippen molar-refractivity contribution < 1.29 is 0 Å². The molecule has 1 aliphatic rings. The summed E-state index contributed by atoms with van der Waals surface area (Å²) in [7, 11) is 0. The molecule has 1 aliphatic carbocycles. The second-order valence-electron chi connectivity index (χ2n) is 13.4. The first-order valence-corrected chi connectivity index (χ1v) is 16.5. The topological polar surface area (TPSA) is 9.86 Å². The Morgan fingerprint density at radius 1 is 0.383 bits per heavy atom. The van der Waals surface area contributed by atoms with E-state index in [4.69, 9.17) is 0 Å². The molecule has 2 nitrogen and oxygen atoms in total. The van der Waals surface area contributed by atoms with Crippen LogP contribution in [0.25, 0.3) is 77.2 Å². The molecule has 47 heavy (non-hydrogen) atoms. The van der Waals surface area contributed by atoms with Gasteiger partial charge in [0.15, 0.2) is 0 Å². The lowest BCUT2D eigenvalue weighted by Gasteiger charge is -2.22. The summed E-state index contributed by atoms with van der Waals surface area (Å²) in [4.78, 5) is 0. The molecule has 0 amide bonds. The quantitative estimate of drug-likeness (QED) is 0.191. The van der Waals surface area contributed by atoms with Gasteiger partial charge in [-0.3, -0.25) is 0 Å².